The quantitative estimate of drug-likeness (QED) is 0.696. The number of piperidine rings is 1. The molecule has 1 fully saturated rings. The topological polar surface area (TPSA) is 49.4 Å². The molecule has 0 saturated carbocycles. The lowest BCUT2D eigenvalue weighted by atomic mass is 10.00. The summed E-state index contributed by atoms with van der Waals surface area (Å²) >= 11 is 0. The van der Waals surface area contributed by atoms with Gasteiger partial charge in [0.05, 0.1) is 5.75 Å². The second-order valence-corrected chi connectivity index (χ2v) is 8.16. The summed E-state index contributed by atoms with van der Waals surface area (Å²) in [6.45, 7) is 9.69. The van der Waals surface area contributed by atoms with Gasteiger partial charge in [0.25, 0.3) is 0 Å². The summed E-state index contributed by atoms with van der Waals surface area (Å²) in [7, 11) is -3.04. The molecular weight excluding hydrogens is 260 g/mol. The van der Waals surface area contributed by atoms with Gasteiger partial charge >= 0.3 is 0 Å². The Hall–Kier alpha value is -0.130. The first-order valence-corrected chi connectivity index (χ1v) is 9.25. The molecule has 1 unspecified atom stereocenters. The van der Waals surface area contributed by atoms with Gasteiger partial charge in [-0.2, -0.15) is 0 Å². The summed E-state index contributed by atoms with van der Waals surface area (Å²) in [6, 6.07) is 0. The molecule has 0 aliphatic carbocycles. The van der Waals surface area contributed by atoms with Crippen molar-refractivity contribution in [3.05, 3.63) is 0 Å². The Labute approximate surface area is 119 Å². The van der Waals surface area contributed by atoms with Crippen LogP contribution in [0.25, 0.3) is 0 Å². The molecule has 19 heavy (non-hydrogen) atoms. The molecule has 0 spiro atoms. The van der Waals surface area contributed by atoms with E-state index in [9.17, 15) is 8.42 Å². The fourth-order valence-electron chi connectivity index (χ4n) is 2.44. The molecule has 4 nitrogen and oxygen atoms in total. The summed E-state index contributed by atoms with van der Waals surface area (Å²) in [5.41, 5.74) is 0. The van der Waals surface area contributed by atoms with Crippen LogP contribution in [-0.2, 0) is 10.0 Å². The van der Waals surface area contributed by atoms with Crippen LogP contribution in [0.4, 0.5) is 0 Å². The van der Waals surface area contributed by atoms with Gasteiger partial charge in [-0.3, -0.25) is 0 Å². The van der Waals surface area contributed by atoms with E-state index >= 15 is 0 Å². The molecule has 1 rings (SSSR count). The molecule has 5 heteroatoms. The van der Waals surface area contributed by atoms with E-state index in [2.05, 4.69) is 26.1 Å². The average molecular weight is 290 g/mol. The molecule has 1 saturated heterocycles. The number of nitrogens with zero attached hydrogens (tertiary/aromatic N) is 1. The highest BCUT2D eigenvalue weighted by atomic mass is 32.2. The first kappa shape index (κ1) is 16.9. The smallest absolute Gasteiger partial charge is 0.214 e. The molecule has 0 aromatic rings. The van der Waals surface area contributed by atoms with E-state index in [-0.39, 0.29) is 0 Å². The summed E-state index contributed by atoms with van der Waals surface area (Å²) in [4.78, 5) is 0. The molecule has 0 radical (unpaired) electrons. The number of sulfonamides is 1. The van der Waals surface area contributed by atoms with Crippen LogP contribution < -0.4 is 5.32 Å². The van der Waals surface area contributed by atoms with Crippen LogP contribution in [-0.4, -0.2) is 44.7 Å². The van der Waals surface area contributed by atoms with Crippen molar-refractivity contribution in [2.24, 2.45) is 11.8 Å². The molecule has 1 N–H and O–H groups in total. The van der Waals surface area contributed by atoms with Crippen LogP contribution in [0.2, 0.25) is 0 Å². The van der Waals surface area contributed by atoms with Gasteiger partial charge in [-0.05, 0) is 50.6 Å². The number of rotatable bonds is 8. The molecule has 0 amide bonds. The Morgan fingerprint density at radius 1 is 1.37 bits per heavy atom. The Kier molecular flexibility index (Phi) is 7.32. The third-order valence-electron chi connectivity index (χ3n) is 3.69. The summed E-state index contributed by atoms with van der Waals surface area (Å²) in [5, 5.41) is 3.41. The lowest BCUT2D eigenvalue weighted by molar-refractivity contribution is 0.260. The third-order valence-corrected chi connectivity index (χ3v) is 5.56. The van der Waals surface area contributed by atoms with Crippen molar-refractivity contribution in [3.8, 4) is 0 Å². The molecule has 1 aliphatic heterocycles. The molecule has 1 atom stereocenters. The van der Waals surface area contributed by atoms with E-state index in [0.29, 0.717) is 30.7 Å². The molecule has 1 heterocycles. The lowest BCUT2D eigenvalue weighted by Gasteiger charge is -2.32. The minimum atomic E-state index is -3.04. The van der Waals surface area contributed by atoms with Crippen molar-refractivity contribution in [2.45, 2.75) is 46.5 Å². The zero-order valence-corrected chi connectivity index (χ0v) is 13.5. The van der Waals surface area contributed by atoms with E-state index in [1.165, 1.54) is 0 Å². The monoisotopic (exact) mass is 290 g/mol. The van der Waals surface area contributed by atoms with Crippen molar-refractivity contribution in [1.29, 1.82) is 0 Å². The number of nitrogens with one attached hydrogen (secondary N) is 1. The fraction of sp³-hybridized carbons (Fsp3) is 1.00. The van der Waals surface area contributed by atoms with Gasteiger partial charge in [-0.1, -0.05) is 20.8 Å². The van der Waals surface area contributed by atoms with Gasteiger partial charge in [0, 0.05) is 13.1 Å². The minimum absolute atomic E-state index is 0.305. The van der Waals surface area contributed by atoms with Crippen LogP contribution in [0.3, 0.4) is 0 Å². The van der Waals surface area contributed by atoms with Crippen LogP contribution in [0, 0.1) is 11.8 Å². The van der Waals surface area contributed by atoms with E-state index in [1.807, 2.05) is 0 Å². The maximum atomic E-state index is 12.3. The highest BCUT2D eigenvalue weighted by molar-refractivity contribution is 7.89. The maximum Gasteiger partial charge on any atom is 0.214 e. The second kappa shape index (κ2) is 8.22. The first-order valence-electron chi connectivity index (χ1n) is 7.64. The number of hydrogen-bond donors (Lipinski definition) is 1. The Balaban J connectivity index is 2.44. The lowest BCUT2D eigenvalue weighted by Crippen LogP contribution is -2.43. The van der Waals surface area contributed by atoms with Gasteiger partial charge in [-0.25, -0.2) is 12.7 Å². The standard InChI is InChI=1S/C14H30N2O2S/c1-4-8-15-11-14-6-5-9-16(12-14)19(17,18)10-7-13(2)3/h13-15H,4-12H2,1-3H3. The zero-order chi connectivity index (χ0) is 14.3. The van der Waals surface area contributed by atoms with Crippen molar-refractivity contribution in [2.75, 3.05) is 31.9 Å². The Bertz CT molecular complexity index is 341. The highest BCUT2D eigenvalue weighted by Gasteiger charge is 2.28. The predicted molar refractivity (Wildman–Crippen MR) is 80.7 cm³/mol. The van der Waals surface area contributed by atoms with Gasteiger partial charge in [0.15, 0.2) is 0 Å². The summed E-state index contributed by atoms with van der Waals surface area (Å²) in [5.74, 6) is 1.23. The molecule has 0 aromatic carbocycles. The minimum Gasteiger partial charge on any atom is -0.316 e. The summed E-state index contributed by atoms with van der Waals surface area (Å²) < 4.78 is 26.3. The van der Waals surface area contributed by atoms with E-state index in [1.54, 1.807) is 4.31 Å². The fourth-order valence-corrected chi connectivity index (χ4v) is 4.32. The van der Waals surface area contributed by atoms with Gasteiger partial charge in [0.2, 0.25) is 10.0 Å². The normalized spacial score (nSPS) is 22.0. The van der Waals surface area contributed by atoms with Crippen molar-refractivity contribution >= 4 is 10.0 Å². The van der Waals surface area contributed by atoms with Crippen LogP contribution >= 0.6 is 0 Å². The maximum absolute atomic E-state index is 12.3. The first-order chi connectivity index (χ1) is 8.95. The molecule has 0 bridgehead atoms. The Morgan fingerprint density at radius 2 is 2.11 bits per heavy atom. The average Bonchev–Trinajstić information content (AvgIpc) is 2.37. The van der Waals surface area contributed by atoms with Crippen molar-refractivity contribution in [1.82, 2.24) is 9.62 Å². The SMILES string of the molecule is CCCNCC1CCCN(S(=O)(=O)CCC(C)C)C1. The third kappa shape index (κ3) is 6.23. The van der Waals surface area contributed by atoms with E-state index < -0.39 is 10.0 Å². The van der Waals surface area contributed by atoms with Crippen LogP contribution in [0.1, 0.15) is 46.5 Å². The highest BCUT2D eigenvalue weighted by Crippen LogP contribution is 2.20. The van der Waals surface area contributed by atoms with Gasteiger partial charge < -0.3 is 5.32 Å². The van der Waals surface area contributed by atoms with E-state index in [4.69, 9.17) is 0 Å². The molecule has 114 valence electrons. The van der Waals surface area contributed by atoms with Gasteiger partial charge in [-0.15, -0.1) is 0 Å². The Morgan fingerprint density at radius 3 is 2.74 bits per heavy atom. The van der Waals surface area contributed by atoms with Crippen LogP contribution in [0.15, 0.2) is 0 Å². The largest absolute Gasteiger partial charge is 0.316 e. The summed E-state index contributed by atoms with van der Waals surface area (Å²) in [6.07, 6.45) is 4.03. The predicted octanol–water partition coefficient (Wildman–Crippen LogP) is 2.07. The molecular formula is C14H30N2O2S. The van der Waals surface area contributed by atoms with Gasteiger partial charge in [0.1, 0.15) is 0 Å². The van der Waals surface area contributed by atoms with Crippen molar-refractivity contribution in [3.63, 3.8) is 0 Å². The second-order valence-electron chi connectivity index (χ2n) is 6.07. The van der Waals surface area contributed by atoms with Crippen LogP contribution in [0.5, 0.6) is 0 Å². The molecule has 1 aliphatic rings. The van der Waals surface area contributed by atoms with E-state index in [0.717, 1.165) is 38.8 Å². The molecule has 0 aromatic heterocycles. The van der Waals surface area contributed by atoms with Crippen molar-refractivity contribution < 1.29 is 8.42 Å². The number of hydrogen-bond acceptors (Lipinski definition) is 3. The zero-order valence-electron chi connectivity index (χ0n) is 12.7.